The number of fused-ring (bicyclic) bond motifs is 3. The Morgan fingerprint density at radius 3 is 2.52 bits per heavy atom. The lowest BCUT2D eigenvalue weighted by atomic mass is 9.86. The van der Waals surface area contributed by atoms with Gasteiger partial charge in [0.05, 0.1) is 11.4 Å². The van der Waals surface area contributed by atoms with Crippen LogP contribution in [0.2, 0.25) is 5.02 Å². The molecule has 3 aromatic carbocycles. The average Bonchev–Trinajstić information content (AvgIpc) is 3.16. The SMILES string of the molecule is O=C(O)[C@H]1CCc2c(c3cc(OCc4ccccc4)ccc3n2C(=O)c2ccc(Cl)cc2)C1. The van der Waals surface area contributed by atoms with Gasteiger partial charge in [-0.2, -0.15) is 0 Å². The van der Waals surface area contributed by atoms with Crippen molar-refractivity contribution in [3.8, 4) is 5.75 Å². The first-order chi connectivity index (χ1) is 16.0. The van der Waals surface area contributed by atoms with Crippen molar-refractivity contribution >= 4 is 34.4 Å². The van der Waals surface area contributed by atoms with Crippen LogP contribution in [0.4, 0.5) is 0 Å². The van der Waals surface area contributed by atoms with Gasteiger partial charge in [-0.1, -0.05) is 41.9 Å². The Labute approximate surface area is 196 Å². The van der Waals surface area contributed by atoms with Gasteiger partial charge < -0.3 is 9.84 Å². The van der Waals surface area contributed by atoms with Crippen molar-refractivity contribution in [2.24, 2.45) is 5.92 Å². The fourth-order valence-corrected chi connectivity index (χ4v) is 4.66. The second kappa shape index (κ2) is 8.75. The van der Waals surface area contributed by atoms with Gasteiger partial charge in [0.2, 0.25) is 0 Å². The van der Waals surface area contributed by atoms with Crippen LogP contribution in [0.1, 0.15) is 33.6 Å². The molecule has 0 amide bonds. The molecule has 0 bridgehead atoms. The van der Waals surface area contributed by atoms with Gasteiger partial charge in [-0.3, -0.25) is 14.2 Å². The van der Waals surface area contributed by atoms with Crippen LogP contribution < -0.4 is 4.74 Å². The average molecular weight is 460 g/mol. The van der Waals surface area contributed by atoms with E-state index in [9.17, 15) is 14.7 Å². The standard InChI is InChI=1S/C27H22ClNO4/c28-20-9-6-18(7-10-20)26(30)29-24-12-8-19(27(31)32)14-22(24)23-15-21(11-13-25(23)29)33-16-17-4-2-1-3-5-17/h1-7,9-11,13,15,19H,8,12,14,16H2,(H,31,32)/t19-/m0/s1. The number of carbonyl (C=O) groups excluding carboxylic acids is 1. The molecule has 5 nitrogen and oxygen atoms in total. The first kappa shape index (κ1) is 21.3. The quantitative estimate of drug-likeness (QED) is 0.412. The zero-order valence-corrected chi connectivity index (χ0v) is 18.6. The fourth-order valence-electron chi connectivity index (χ4n) is 4.53. The number of carboxylic acids is 1. The summed E-state index contributed by atoms with van der Waals surface area (Å²) in [5.74, 6) is -0.731. The Hall–Kier alpha value is -3.57. The summed E-state index contributed by atoms with van der Waals surface area (Å²) in [4.78, 5) is 25.2. The third-order valence-electron chi connectivity index (χ3n) is 6.22. The van der Waals surface area contributed by atoms with E-state index in [0.717, 1.165) is 27.7 Å². The van der Waals surface area contributed by atoms with Gasteiger partial charge in [-0.25, -0.2) is 0 Å². The summed E-state index contributed by atoms with van der Waals surface area (Å²) in [5, 5.41) is 11.0. The van der Waals surface area contributed by atoms with Crippen LogP contribution in [0.25, 0.3) is 10.9 Å². The highest BCUT2D eigenvalue weighted by atomic mass is 35.5. The Morgan fingerprint density at radius 2 is 1.79 bits per heavy atom. The van der Waals surface area contributed by atoms with E-state index in [1.165, 1.54) is 0 Å². The molecular formula is C27H22ClNO4. The Balaban J connectivity index is 1.57. The van der Waals surface area contributed by atoms with Gasteiger partial charge in [0.15, 0.2) is 0 Å². The summed E-state index contributed by atoms with van der Waals surface area (Å²) in [6, 6.07) is 22.4. The molecule has 0 spiro atoms. The maximum Gasteiger partial charge on any atom is 0.306 e. The van der Waals surface area contributed by atoms with E-state index < -0.39 is 11.9 Å². The molecule has 6 heteroatoms. The summed E-state index contributed by atoms with van der Waals surface area (Å²) in [5.41, 5.74) is 4.14. The highest BCUT2D eigenvalue weighted by molar-refractivity contribution is 6.30. The van der Waals surface area contributed by atoms with Crippen molar-refractivity contribution < 1.29 is 19.4 Å². The number of hydrogen-bond donors (Lipinski definition) is 1. The third-order valence-corrected chi connectivity index (χ3v) is 6.48. The normalized spacial score (nSPS) is 15.2. The van der Waals surface area contributed by atoms with Crippen molar-refractivity contribution in [3.05, 3.63) is 100 Å². The van der Waals surface area contributed by atoms with Gasteiger partial charge >= 0.3 is 5.97 Å². The maximum atomic E-state index is 13.5. The fraction of sp³-hybridized carbons (Fsp3) is 0.185. The molecule has 0 aliphatic heterocycles. The zero-order chi connectivity index (χ0) is 22.9. The lowest BCUT2D eigenvalue weighted by molar-refractivity contribution is -0.142. The number of nitrogens with zero attached hydrogens (tertiary/aromatic N) is 1. The van der Waals surface area contributed by atoms with Crippen LogP contribution in [0.15, 0.2) is 72.8 Å². The molecule has 1 heterocycles. The van der Waals surface area contributed by atoms with Gasteiger partial charge in [0.1, 0.15) is 12.4 Å². The number of carbonyl (C=O) groups is 2. The zero-order valence-electron chi connectivity index (χ0n) is 17.8. The highest BCUT2D eigenvalue weighted by Crippen LogP contribution is 2.37. The maximum absolute atomic E-state index is 13.5. The van der Waals surface area contributed by atoms with Crippen molar-refractivity contribution in [1.82, 2.24) is 4.57 Å². The van der Waals surface area contributed by atoms with Crippen molar-refractivity contribution in [3.63, 3.8) is 0 Å². The molecule has 5 rings (SSSR count). The summed E-state index contributed by atoms with van der Waals surface area (Å²) < 4.78 is 7.74. The first-order valence-corrected chi connectivity index (χ1v) is 11.2. The molecule has 1 aliphatic carbocycles. The van der Waals surface area contributed by atoms with Gasteiger partial charge in [-0.15, -0.1) is 0 Å². The number of benzene rings is 3. The predicted molar refractivity (Wildman–Crippen MR) is 127 cm³/mol. The second-order valence-corrected chi connectivity index (χ2v) is 8.74. The van der Waals surface area contributed by atoms with Crippen LogP contribution in [0, 0.1) is 5.92 Å². The topological polar surface area (TPSA) is 68.5 Å². The van der Waals surface area contributed by atoms with Crippen molar-refractivity contribution in [1.29, 1.82) is 0 Å². The molecule has 0 unspecified atom stereocenters. The monoisotopic (exact) mass is 459 g/mol. The third kappa shape index (κ3) is 4.12. The molecule has 1 aliphatic rings. The van der Waals surface area contributed by atoms with Crippen LogP contribution in [-0.4, -0.2) is 21.6 Å². The smallest absolute Gasteiger partial charge is 0.306 e. The Bertz CT molecular complexity index is 1340. The molecule has 0 radical (unpaired) electrons. The number of ether oxygens (including phenoxy) is 1. The highest BCUT2D eigenvalue weighted by Gasteiger charge is 2.31. The minimum absolute atomic E-state index is 0.148. The van der Waals surface area contributed by atoms with Crippen LogP contribution >= 0.6 is 11.6 Å². The molecule has 0 fully saturated rings. The Kier molecular flexibility index (Phi) is 5.65. The number of halogens is 1. The molecule has 33 heavy (non-hydrogen) atoms. The minimum Gasteiger partial charge on any atom is -0.489 e. The van der Waals surface area contributed by atoms with Crippen molar-refractivity contribution in [2.75, 3.05) is 0 Å². The summed E-state index contributed by atoms with van der Waals surface area (Å²) >= 11 is 6.00. The molecule has 0 saturated carbocycles. The molecular weight excluding hydrogens is 438 g/mol. The summed E-state index contributed by atoms with van der Waals surface area (Å²) in [6.45, 7) is 0.427. The molecule has 1 N–H and O–H groups in total. The number of rotatable bonds is 5. The molecule has 1 aromatic heterocycles. The van der Waals surface area contributed by atoms with E-state index in [1.807, 2.05) is 48.5 Å². The largest absolute Gasteiger partial charge is 0.489 e. The molecule has 166 valence electrons. The summed E-state index contributed by atoms with van der Waals surface area (Å²) in [6.07, 6.45) is 1.43. The van der Waals surface area contributed by atoms with E-state index in [1.54, 1.807) is 28.8 Å². The summed E-state index contributed by atoms with van der Waals surface area (Å²) in [7, 11) is 0. The van der Waals surface area contributed by atoms with Gasteiger partial charge in [0, 0.05) is 21.7 Å². The van der Waals surface area contributed by atoms with Crippen molar-refractivity contribution in [2.45, 2.75) is 25.9 Å². The van der Waals surface area contributed by atoms with Gasteiger partial charge in [-0.05, 0) is 72.9 Å². The molecule has 1 atom stereocenters. The predicted octanol–water partition coefficient (Wildman–Crippen LogP) is 5.75. The number of hydrogen-bond acceptors (Lipinski definition) is 3. The number of aromatic nitrogens is 1. The molecule has 0 saturated heterocycles. The minimum atomic E-state index is -0.804. The lowest BCUT2D eigenvalue weighted by Crippen LogP contribution is -2.24. The van der Waals surface area contributed by atoms with E-state index >= 15 is 0 Å². The van der Waals surface area contributed by atoms with Crippen LogP contribution in [-0.2, 0) is 24.2 Å². The lowest BCUT2D eigenvalue weighted by Gasteiger charge is -2.20. The van der Waals surface area contributed by atoms with E-state index in [0.29, 0.717) is 42.2 Å². The van der Waals surface area contributed by atoms with E-state index in [-0.39, 0.29) is 5.91 Å². The van der Waals surface area contributed by atoms with Crippen LogP contribution in [0.3, 0.4) is 0 Å². The van der Waals surface area contributed by atoms with Gasteiger partial charge in [0.25, 0.3) is 5.91 Å². The van der Waals surface area contributed by atoms with E-state index in [4.69, 9.17) is 16.3 Å². The van der Waals surface area contributed by atoms with E-state index in [2.05, 4.69) is 0 Å². The second-order valence-electron chi connectivity index (χ2n) is 8.30. The molecule has 4 aromatic rings. The van der Waals surface area contributed by atoms with Crippen LogP contribution in [0.5, 0.6) is 5.75 Å². The number of aliphatic carboxylic acids is 1. The Morgan fingerprint density at radius 1 is 1.03 bits per heavy atom. The number of carboxylic acid groups (broad SMARTS) is 1. The first-order valence-electron chi connectivity index (χ1n) is 10.9.